The van der Waals surface area contributed by atoms with Crippen LogP contribution in [0.25, 0.3) is 0 Å². The van der Waals surface area contributed by atoms with E-state index in [1.165, 1.54) is 5.56 Å². The third-order valence-corrected chi connectivity index (χ3v) is 2.98. The lowest BCUT2D eigenvalue weighted by Crippen LogP contribution is -2.27. The SMILES string of the molecule is N#CN1[C@@H]2C=C[C@@H](c3ccccc3)N[C@H]21. The molecule has 1 aromatic carbocycles. The quantitative estimate of drug-likeness (QED) is 0.420. The summed E-state index contributed by atoms with van der Waals surface area (Å²) in [6, 6.07) is 10.8. The largest absolute Gasteiger partial charge is 0.284 e. The molecule has 0 spiro atoms. The number of benzene rings is 1. The average molecular weight is 197 g/mol. The van der Waals surface area contributed by atoms with Gasteiger partial charge in [-0.3, -0.25) is 10.2 Å². The monoisotopic (exact) mass is 197 g/mol. The third kappa shape index (κ3) is 1.31. The van der Waals surface area contributed by atoms with Gasteiger partial charge in [0.2, 0.25) is 0 Å². The van der Waals surface area contributed by atoms with Crippen molar-refractivity contribution in [1.29, 1.82) is 5.26 Å². The first-order valence-electron chi connectivity index (χ1n) is 5.07. The molecule has 0 aromatic heterocycles. The number of fused-ring (bicyclic) bond motifs is 1. The molecule has 0 bridgehead atoms. The normalized spacial score (nSPS) is 31.9. The number of rotatable bonds is 1. The van der Waals surface area contributed by atoms with Crippen molar-refractivity contribution in [2.24, 2.45) is 0 Å². The molecule has 0 amide bonds. The number of nitrogens with zero attached hydrogens (tertiary/aromatic N) is 2. The van der Waals surface area contributed by atoms with Crippen molar-refractivity contribution in [2.45, 2.75) is 18.2 Å². The van der Waals surface area contributed by atoms with Crippen LogP contribution in [0.15, 0.2) is 42.5 Å². The van der Waals surface area contributed by atoms with Gasteiger partial charge in [0.25, 0.3) is 0 Å². The van der Waals surface area contributed by atoms with Gasteiger partial charge in [-0.05, 0) is 5.56 Å². The summed E-state index contributed by atoms with van der Waals surface area (Å²) >= 11 is 0. The van der Waals surface area contributed by atoms with Crippen molar-refractivity contribution in [2.75, 3.05) is 0 Å². The van der Waals surface area contributed by atoms with Crippen LogP contribution in [0.5, 0.6) is 0 Å². The fourth-order valence-corrected chi connectivity index (χ4v) is 2.09. The van der Waals surface area contributed by atoms with E-state index in [-0.39, 0.29) is 18.2 Å². The Morgan fingerprint density at radius 3 is 2.73 bits per heavy atom. The van der Waals surface area contributed by atoms with Crippen molar-refractivity contribution >= 4 is 0 Å². The first kappa shape index (κ1) is 8.51. The molecule has 3 nitrogen and oxygen atoms in total. The Balaban J connectivity index is 1.80. The predicted octanol–water partition coefficient (Wildman–Crippen LogP) is 1.38. The van der Waals surface area contributed by atoms with Gasteiger partial charge in [-0.25, -0.2) is 0 Å². The maximum atomic E-state index is 8.80. The van der Waals surface area contributed by atoms with Crippen LogP contribution in [-0.2, 0) is 0 Å². The van der Waals surface area contributed by atoms with Crippen LogP contribution in [0.4, 0.5) is 0 Å². The molecule has 2 aliphatic rings. The lowest BCUT2D eigenvalue weighted by Gasteiger charge is -2.16. The van der Waals surface area contributed by atoms with Crippen molar-refractivity contribution in [3.05, 3.63) is 48.0 Å². The van der Waals surface area contributed by atoms with Gasteiger partial charge in [-0.1, -0.05) is 42.5 Å². The Hall–Kier alpha value is -1.79. The molecule has 0 unspecified atom stereocenters. The summed E-state index contributed by atoms with van der Waals surface area (Å²) in [6.07, 6.45) is 6.63. The minimum atomic E-state index is 0.213. The zero-order valence-electron chi connectivity index (χ0n) is 8.17. The Morgan fingerprint density at radius 2 is 2.00 bits per heavy atom. The smallest absolute Gasteiger partial charge is 0.181 e. The number of nitrogens with one attached hydrogen (secondary N) is 1. The van der Waals surface area contributed by atoms with Gasteiger partial charge in [-0.15, -0.1) is 0 Å². The average Bonchev–Trinajstić information content (AvgIpc) is 3.02. The summed E-state index contributed by atoms with van der Waals surface area (Å²) in [5.41, 5.74) is 1.25. The lowest BCUT2D eigenvalue weighted by molar-refractivity contribution is 0.537. The van der Waals surface area contributed by atoms with E-state index in [4.69, 9.17) is 5.26 Å². The summed E-state index contributed by atoms with van der Waals surface area (Å²) in [7, 11) is 0. The molecule has 0 saturated carbocycles. The zero-order chi connectivity index (χ0) is 10.3. The number of nitriles is 1. The molecule has 1 saturated heterocycles. The molecule has 74 valence electrons. The van der Waals surface area contributed by atoms with Crippen LogP contribution in [0.2, 0.25) is 0 Å². The second-order valence-electron chi connectivity index (χ2n) is 3.88. The Bertz CT molecular complexity index is 432. The second-order valence-corrected chi connectivity index (χ2v) is 3.88. The van der Waals surface area contributed by atoms with Crippen molar-refractivity contribution in [3.8, 4) is 6.19 Å². The second kappa shape index (κ2) is 3.11. The molecule has 3 atom stereocenters. The van der Waals surface area contributed by atoms with E-state index >= 15 is 0 Å². The highest BCUT2D eigenvalue weighted by molar-refractivity contribution is 5.30. The molecule has 2 aliphatic heterocycles. The van der Waals surface area contributed by atoms with Gasteiger partial charge < -0.3 is 0 Å². The molecule has 1 N–H and O–H groups in total. The molecule has 0 radical (unpaired) electrons. The van der Waals surface area contributed by atoms with Crippen molar-refractivity contribution in [3.63, 3.8) is 0 Å². The minimum absolute atomic E-state index is 0.213. The van der Waals surface area contributed by atoms with E-state index in [1.807, 2.05) is 18.2 Å². The van der Waals surface area contributed by atoms with Crippen LogP contribution in [0.1, 0.15) is 11.6 Å². The molecule has 3 heteroatoms. The van der Waals surface area contributed by atoms with Gasteiger partial charge in [0.15, 0.2) is 6.19 Å². The van der Waals surface area contributed by atoms with E-state index < -0.39 is 0 Å². The van der Waals surface area contributed by atoms with E-state index in [2.05, 4.69) is 35.8 Å². The van der Waals surface area contributed by atoms with E-state index in [0.717, 1.165) is 0 Å². The fourth-order valence-electron chi connectivity index (χ4n) is 2.09. The minimum Gasteiger partial charge on any atom is -0.284 e. The maximum absolute atomic E-state index is 8.80. The molecule has 2 heterocycles. The molecular weight excluding hydrogens is 186 g/mol. The molecule has 0 aliphatic carbocycles. The van der Waals surface area contributed by atoms with Crippen LogP contribution in [0.3, 0.4) is 0 Å². The van der Waals surface area contributed by atoms with Crippen molar-refractivity contribution < 1.29 is 0 Å². The van der Waals surface area contributed by atoms with E-state index in [1.54, 1.807) is 4.90 Å². The van der Waals surface area contributed by atoms with Crippen LogP contribution in [0, 0.1) is 11.5 Å². The van der Waals surface area contributed by atoms with Crippen LogP contribution < -0.4 is 5.32 Å². The fraction of sp³-hybridized carbons (Fsp3) is 0.250. The van der Waals surface area contributed by atoms with Crippen molar-refractivity contribution in [1.82, 2.24) is 10.2 Å². The predicted molar refractivity (Wildman–Crippen MR) is 56.5 cm³/mol. The van der Waals surface area contributed by atoms with Gasteiger partial charge in [0.05, 0.1) is 12.1 Å². The highest BCUT2D eigenvalue weighted by Crippen LogP contribution is 2.33. The van der Waals surface area contributed by atoms with Gasteiger partial charge in [0, 0.05) is 0 Å². The van der Waals surface area contributed by atoms with Gasteiger partial charge >= 0.3 is 0 Å². The summed E-state index contributed by atoms with van der Waals surface area (Å²) in [6.45, 7) is 0. The Kier molecular flexibility index (Phi) is 1.77. The number of hydrogen-bond acceptors (Lipinski definition) is 3. The van der Waals surface area contributed by atoms with E-state index in [0.29, 0.717) is 0 Å². The zero-order valence-corrected chi connectivity index (χ0v) is 8.17. The molecule has 1 fully saturated rings. The highest BCUT2D eigenvalue weighted by atomic mass is 15.4. The summed E-state index contributed by atoms with van der Waals surface area (Å²) < 4.78 is 0. The summed E-state index contributed by atoms with van der Waals surface area (Å²) in [5, 5.41) is 12.2. The Morgan fingerprint density at radius 1 is 1.20 bits per heavy atom. The summed E-state index contributed by atoms with van der Waals surface area (Å²) in [4.78, 5) is 1.76. The lowest BCUT2D eigenvalue weighted by atomic mass is 10.0. The first-order chi connectivity index (χ1) is 7.40. The third-order valence-electron chi connectivity index (χ3n) is 2.98. The van der Waals surface area contributed by atoms with Gasteiger partial charge in [0.1, 0.15) is 6.17 Å². The molecule has 3 rings (SSSR count). The van der Waals surface area contributed by atoms with Crippen LogP contribution >= 0.6 is 0 Å². The topological polar surface area (TPSA) is 38.8 Å². The summed E-state index contributed by atoms with van der Waals surface area (Å²) in [5.74, 6) is 0. The maximum Gasteiger partial charge on any atom is 0.181 e. The molecule has 15 heavy (non-hydrogen) atoms. The van der Waals surface area contributed by atoms with Crippen LogP contribution in [-0.4, -0.2) is 17.1 Å². The standard InChI is InChI=1S/C12H11N3/c13-8-15-11-7-6-10(14-12(11)15)9-4-2-1-3-5-9/h1-7,10-12,14H/t10-,11+,12-,15?/m0/s1. The molecule has 1 aromatic rings. The highest BCUT2D eigenvalue weighted by Gasteiger charge is 2.48. The molecular formula is C12H11N3. The first-order valence-corrected chi connectivity index (χ1v) is 5.07. The Labute approximate surface area is 88.6 Å². The van der Waals surface area contributed by atoms with E-state index in [9.17, 15) is 0 Å². The number of hydrogen-bond donors (Lipinski definition) is 1. The van der Waals surface area contributed by atoms with Gasteiger partial charge in [-0.2, -0.15) is 5.26 Å².